The Hall–Kier alpha value is -1.28. The highest BCUT2D eigenvalue weighted by atomic mass is 16.6. The zero-order valence-corrected chi connectivity index (χ0v) is 5.69. The summed E-state index contributed by atoms with van der Waals surface area (Å²) in [4.78, 5) is 25.9. The van der Waals surface area contributed by atoms with Gasteiger partial charge in [-0.2, -0.15) is 0 Å². The zero-order valence-electron chi connectivity index (χ0n) is 5.69. The van der Waals surface area contributed by atoms with E-state index in [0.29, 0.717) is 13.1 Å². The topological polar surface area (TPSA) is 71.4 Å². The normalized spacial score (nSPS) is 26.5. The first kappa shape index (κ1) is 7.82. The highest BCUT2D eigenvalue weighted by Crippen LogP contribution is 2.21. The molecule has 1 aliphatic rings. The zero-order chi connectivity index (χ0) is 8.10. The Morgan fingerprint density at radius 3 is 1.91 bits per heavy atom. The second-order valence-electron chi connectivity index (χ2n) is 2.08. The fourth-order valence-electron chi connectivity index (χ4n) is 0.755. The number of ether oxygens (including phenoxy) is 1. The van der Waals surface area contributed by atoms with Gasteiger partial charge in [-0.3, -0.25) is 0 Å². The standard InChI is InChI=1S/C6H6N2O3/c9-3-7-1-5-6(11-5)2-8-4-10/h5-6H,1-2H2. The molecule has 0 saturated carbocycles. The van der Waals surface area contributed by atoms with Crippen LogP contribution in [0.4, 0.5) is 0 Å². The van der Waals surface area contributed by atoms with Crippen molar-refractivity contribution in [1.82, 2.24) is 0 Å². The van der Waals surface area contributed by atoms with E-state index in [1.54, 1.807) is 0 Å². The number of hydrogen-bond donors (Lipinski definition) is 0. The van der Waals surface area contributed by atoms with Crippen LogP contribution in [0.15, 0.2) is 9.98 Å². The van der Waals surface area contributed by atoms with Crippen LogP contribution in [0.5, 0.6) is 0 Å². The molecule has 58 valence electrons. The van der Waals surface area contributed by atoms with E-state index in [0.717, 1.165) is 0 Å². The Morgan fingerprint density at radius 2 is 1.55 bits per heavy atom. The molecule has 1 fully saturated rings. The summed E-state index contributed by atoms with van der Waals surface area (Å²) in [5.41, 5.74) is 0. The quantitative estimate of drug-likeness (QED) is 0.309. The molecule has 11 heavy (non-hydrogen) atoms. The van der Waals surface area contributed by atoms with Crippen molar-refractivity contribution in [3.8, 4) is 0 Å². The summed E-state index contributed by atoms with van der Waals surface area (Å²) in [7, 11) is 0. The molecule has 1 saturated heterocycles. The van der Waals surface area contributed by atoms with Gasteiger partial charge in [-0.15, -0.1) is 0 Å². The van der Waals surface area contributed by atoms with E-state index in [2.05, 4.69) is 9.98 Å². The minimum Gasteiger partial charge on any atom is -0.365 e. The molecule has 1 heterocycles. The van der Waals surface area contributed by atoms with Gasteiger partial charge >= 0.3 is 0 Å². The van der Waals surface area contributed by atoms with Crippen LogP contribution < -0.4 is 0 Å². The molecule has 0 bridgehead atoms. The van der Waals surface area contributed by atoms with E-state index in [1.165, 1.54) is 12.2 Å². The number of epoxide rings is 1. The van der Waals surface area contributed by atoms with Crippen molar-refractivity contribution in [3.63, 3.8) is 0 Å². The number of hydrogen-bond acceptors (Lipinski definition) is 5. The predicted molar refractivity (Wildman–Crippen MR) is 34.6 cm³/mol. The highest BCUT2D eigenvalue weighted by Gasteiger charge is 2.38. The first-order valence-electron chi connectivity index (χ1n) is 3.11. The van der Waals surface area contributed by atoms with Gasteiger partial charge in [0.05, 0.1) is 13.1 Å². The molecule has 0 aliphatic carbocycles. The molecule has 5 nitrogen and oxygen atoms in total. The smallest absolute Gasteiger partial charge is 0.235 e. The largest absolute Gasteiger partial charge is 0.365 e. The number of isocyanates is 2. The lowest BCUT2D eigenvalue weighted by atomic mass is 10.3. The van der Waals surface area contributed by atoms with Gasteiger partial charge < -0.3 is 4.74 Å². The Labute approximate surface area is 62.8 Å². The third-order valence-electron chi connectivity index (χ3n) is 1.36. The van der Waals surface area contributed by atoms with E-state index in [1.807, 2.05) is 0 Å². The minimum absolute atomic E-state index is 0.0615. The Kier molecular flexibility index (Phi) is 2.69. The molecule has 2 atom stereocenters. The van der Waals surface area contributed by atoms with Gasteiger partial charge in [-0.1, -0.05) is 0 Å². The fourth-order valence-corrected chi connectivity index (χ4v) is 0.755. The van der Waals surface area contributed by atoms with Crippen LogP contribution >= 0.6 is 0 Å². The number of aliphatic imine (C=N–C) groups is 2. The SMILES string of the molecule is O=C=NCC1OC1CN=C=O. The average molecular weight is 154 g/mol. The lowest BCUT2D eigenvalue weighted by Crippen LogP contribution is -2.00. The van der Waals surface area contributed by atoms with Crippen LogP contribution in [-0.4, -0.2) is 37.5 Å². The number of rotatable bonds is 4. The first-order valence-corrected chi connectivity index (χ1v) is 3.11. The summed E-state index contributed by atoms with van der Waals surface area (Å²) in [6, 6.07) is 0. The summed E-state index contributed by atoms with van der Waals surface area (Å²) in [6.07, 6.45) is 2.68. The maximum Gasteiger partial charge on any atom is 0.235 e. The summed E-state index contributed by atoms with van der Waals surface area (Å²) in [6.45, 7) is 0.616. The average Bonchev–Trinajstić information content (AvgIpc) is 2.76. The van der Waals surface area contributed by atoms with Gasteiger partial charge in [-0.05, 0) is 0 Å². The highest BCUT2D eigenvalue weighted by molar-refractivity contribution is 5.33. The molecular formula is C6H6N2O3. The molecule has 5 heteroatoms. The van der Waals surface area contributed by atoms with Gasteiger partial charge in [0, 0.05) is 0 Å². The molecule has 0 aromatic rings. The molecule has 0 N–H and O–H groups in total. The molecule has 1 rings (SSSR count). The van der Waals surface area contributed by atoms with Gasteiger partial charge in [0.2, 0.25) is 12.2 Å². The van der Waals surface area contributed by atoms with Gasteiger partial charge in [-0.25, -0.2) is 19.6 Å². The summed E-state index contributed by atoms with van der Waals surface area (Å²) >= 11 is 0. The molecule has 0 radical (unpaired) electrons. The van der Waals surface area contributed by atoms with Crippen LogP contribution in [0.2, 0.25) is 0 Å². The minimum atomic E-state index is -0.0615. The van der Waals surface area contributed by atoms with Crippen molar-refractivity contribution in [2.24, 2.45) is 9.98 Å². The van der Waals surface area contributed by atoms with Crippen molar-refractivity contribution < 1.29 is 14.3 Å². The van der Waals surface area contributed by atoms with E-state index < -0.39 is 0 Å². The third kappa shape index (κ3) is 2.43. The summed E-state index contributed by atoms with van der Waals surface area (Å²) in [5, 5.41) is 0. The number of nitrogens with zero attached hydrogens (tertiary/aromatic N) is 2. The maximum atomic E-state index is 9.62. The molecule has 0 aromatic heterocycles. The van der Waals surface area contributed by atoms with Crippen LogP contribution in [0.25, 0.3) is 0 Å². The van der Waals surface area contributed by atoms with Crippen molar-refractivity contribution in [3.05, 3.63) is 0 Å². The van der Waals surface area contributed by atoms with E-state index in [9.17, 15) is 9.59 Å². The van der Waals surface area contributed by atoms with Crippen LogP contribution in [0, 0.1) is 0 Å². The van der Waals surface area contributed by atoms with Crippen molar-refractivity contribution in [1.29, 1.82) is 0 Å². The van der Waals surface area contributed by atoms with E-state index >= 15 is 0 Å². The van der Waals surface area contributed by atoms with Crippen LogP contribution in [0.3, 0.4) is 0 Å². The van der Waals surface area contributed by atoms with Crippen molar-refractivity contribution in [2.45, 2.75) is 12.2 Å². The molecule has 0 aromatic carbocycles. The van der Waals surface area contributed by atoms with E-state index in [-0.39, 0.29) is 12.2 Å². The second kappa shape index (κ2) is 3.78. The lowest BCUT2D eigenvalue weighted by molar-refractivity contribution is 0.375. The molecule has 0 spiro atoms. The van der Waals surface area contributed by atoms with Gasteiger partial charge in [0.15, 0.2) is 0 Å². The predicted octanol–water partition coefficient (Wildman–Crippen LogP) is -0.575. The van der Waals surface area contributed by atoms with Crippen molar-refractivity contribution >= 4 is 12.2 Å². The van der Waals surface area contributed by atoms with Gasteiger partial charge in [0.1, 0.15) is 12.2 Å². The Balaban J connectivity index is 2.15. The monoisotopic (exact) mass is 154 g/mol. The van der Waals surface area contributed by atoms with E-state index in [4.69, 9.17) is 4.74 Å². The first-order chi connectivity index (χ1) is 5.38. The lowest BCUT2D eigenvalue weighted by Gasteiger charge is -1.80. The second-order valence-corrected chi connectivity index (χ2v) is 2.08. The third-order valence-corrected chi connectivity index (χ3v) is 1.36. The molecule has 0 amide bonds. The Bertz CT molecular complexity index is 204. The molecular weight excluding hydrogens is 148 g/mol. The summed E-state index contributed by atoms with van der Waals surface area (Å²) in [5.74, 6) is 0. The van der Waals surface area contributed by atoms with Crippen LogP contribution in [-0.2, 0) is 14.3 Å². The van der Waals surface area contributed by atoms with Gasteiger partial charge in [0.25, 0.3) is 0 Å². The maximum absolute atomic E-state index is 9.62. The summed E-state index contributed by atoms with van der Waals surface area (Å²) < 4.78 is 4.98. The molecule has 1 aliphatic heterocycles. The Morgan fingerprint density at radius 1 is 1.09 bits per heavy atom. The van der Waals surface area contributed by atoms with Crippen LogP contribution in [0.1, 0.15) is 0 Å². The fraction of sp³-hybridized carbons (Fsp3) is 0.667. The number of carbonyl (C=O) groups excluding carboxylic acids is 2. The van der Waals surface area contributed by atoms with Crippen molar-refractivity contribution in [2.75, 3.05) is 13.1 Å². The molecule has 2 unspecified atom stereocenters.